The van der Waals surface area contributed by atoms with Gasteiger partial charge in [-0.2, -0.15) is 0 Å². The molecule has 0 bridgehead atoms. The van der Waals surface area contributed by atoms with Gasteiger partial charge in [0.2, 0.25) is 5.91 Å². The molecule has 0 unspecified atom stereocenters. The molecule has 1 aromatic rings. The van der Waals surface area contributed by atoms with Crippen LogP contribution >= 0.6 is 0 Å². The zero-order chi connectivity index (χ0) is 14.9. The van der Waals surface area contributed by atoms with Crippen LogP contribution in [0.15, 0.2) is 24.3 Å². The molecule has 2 N–H and O–H groups in total. The third-order valence-electron chi connectivity index (χ3n) is 5.03. The van der Waals surface area contributed by atoms with E-state index in [9.17, 15) is 4.79 Å². The number of rotatable bonds is 2. The Kier molecular flexibility index (Phi) is 3.79. The molecule has 1 aromatic carbocycles. The fourth-order valence-electron chi connectivity index (χ4n) is 3.64. The van der Waals surface area contributed by atoms with E-state index in [0.29, 0.717) is 5.91 Å². The van der Waals surface area contributed by atoms with E-state index >= 15 is 0 Å². The maximum atomic E-state index is 12.7. The maximum Gasteiger partial charge on any atom is 0.228 e. The fraction of sp³-hybridized carbons (Fsp3) is 0.588. The van der Waals surface area contributed by atoms with Crippen molar-refractivity contribution in [2.45, 2.75) is 32.6 Å². The fourth-order valence-corrected chi connectivity index (χ4v) is 3.64. The largest absolute Gasteiger partial charge is 0.399 e. The standard InChI is InChI=1S/C17H25N3O/c1-17(7-2-3-8-17)16(21)20-11-9-19(10-12-20)15-6-4-5-14(18)13-15/h4-6,13H,2-3,7-12,18H2,1H3. The van der Waals surface area contributed by atoms with Crippen LogP contribution in [0.3, 0.4) is 0 Å². The predicted octanol–water partition coefficient (Wildman–Crippen LogP) is 2.50. The van der Waals surface area contributed by atoms with Crippen LogP contribution in [0.5, 0.6) is 0 Å². The molecule has 21 heavy (non-hydrogen) atoms. The Morgan fingerprint density at radius 2 is 1.81 bits per heavy atom. The molecule has 4 nitrogen and oxygen atoms in total. The van der Waals surface area contributed by atoms with Crippen LogP contribution in [0.25, 0.3) is 0 Å². The van der Waals surface area contributed by atoms with Crippen LogP contribution in [0.2, 0.25) is 0 Å². The van der Waals surface area contributed by atoms with Gasteiger partial charge in [-0.05, 0) is 31.0 Å². The van der Waals surface area contributed by atoms with Gasteiger partial charge in [-0.25, -0.2) is 0 Å². The summed E-state index contributed by atoms with van der Waals surface area (Å²) in [6, 6.07) is 7.99. The van der Waals surface area contributed by atoms with Crippen molar-refractivity contribution in [3.63, 3.8) is 0 Å². The zero-order valence-corrected chi connectivity index (χ0v) is 12.8. The van der Waals surface area contributed by atoms with Crippen molar-refractivity contribution in [3.8, 4) is 0 Å². The molecule has 1 amide bonds. The monoisotopic (exact) mass is 287 g/mol. The summed E-state index contributed by atoms with van der Waals surface area (Å²) in [6.45, 7) is 5.58. The lowest BCUT2D eigenvalue weighted by molar-refractivity contribution is -0.141. The highest BCUT2D eigenvalue weighted by Crippen LogP contribution is 2.39. The normalized spacial score (nSPS) is 21.6. The van der Waals surface area contributed by atoms with Crippen molar-refractivity contribution in [2.75, 3.05) is 36.8 Å². The van der Waals surface area contributed by atoms with Gasteiger partial charge in [0.05, 0.1) is 0 Å². The lowest BCUT2D eigenvalue weighted by Gasteiger charge is -2.39. The molecule has 1 saturated heterocycles. The number of anilines is 2. The minimum Gasteiger partial charge on any atom is -0.399 e. The number of carbonyl (C=O) groups excluding carboxylic acids is 1. The summed E-state index contributed by atoms with van der Waals surface area (Å²) >= 11 is 0. The summed E-state index contributed by atoms with van der Waals surface area (Å²) in [7, 11) is 0. The molecule has 1 aliphatic heterocycles. The van der Waals surface area contributed by atoms with Gasteiger partial charge >= 0.3 is 0 Å². The molecule has 1 heterocycles. The third kappa shape index (κ3) is 2.85. The summed E-state index contributed by atoms with van der Waals surface area (Å²) in [5.41, 5.74) is 7.71. The summed E-state index contributed by atoms with van der Waals surface area (Å²) in [6.07, 6.45) is 4.51. The van der Waals surface area contributed by atoms with Crippen LogP contribution in [-0.4, -0.2) is 37.0 Å². The van der Waals surface area contributed by atoms with Gasteiger partial charge in [0.15, 0.2) is 0 Å². The molecule has 3 rings (SSSR count). The molecule has 1 aliphatic carbocycles. The molecule has 1 saturated carbocycles. The predicted molar refractivity (Wildman–Crippen MR) is 86.2 cm³/mol. The van der Waals surface area contributed by atoms with Crippen molar-refractivity contribution in [1.29, 1.82) is 0 Å². The van der Waals surface area contributed by atoms with Crippen LogP contribution < -0.4 is 10.6 Å². The molecule has 4 heteroatoms. The van der Waals surface area contributed by atoms with Crippen LogP contribution in [0, 0.1) is 5.41 Å². The highest BCUT2D eigenvalue weighted by Gasteiger charge is 2.39. The number of carbonyl (C=O) groups is 1. The van der Waals surface area contributed by atoms with Gasteiger partial charge in [0, 0.05) is 43.0 Å². The molecule has 0 atom stereocenters. The second kappa shape index (κ2) is 5.58. The van der Waals surface area contributed by atoms with E-state index < -0.39 is 0 Å². The van der Waals surface area contributed by atoms with Crippen molar-refractivity contribution in [3.05, 3.63) is 24.3 Å². The minimum absolute atomic E-state index is 0.0979. The number of hydrogen-bond donors (Lipinski definition) is 1. The molecule has 0 radical (unpaired) electrons. The first kappa shape index (κ1) is 14.2. The second-order valence-electron chi connectivity index (χ2n) is 6.64. The highest BCUT2D eigenvalue weighted by molar-refractivity contribution is 5.83. The second-order valence-corrected chi connectivity index (χ2v) is 6.64. The van der Waals surface area contributed by atoms with Gasteiger partial charge in [-0.15, -0.1) is 0 Å². The Labute approximate surface area is 126 Å². The van der Waals surface area contributed by atoms with Gasteiger partial charge in [-0.3, -0.25) is 4.79 Å². The van der Waals surface area contributed by atoms with E-state index in [-0.39, 0.29) is 5.41 Å². The Morgan fingerprint density at radius 1 is 1.14 bits per heavy atom. The van der Waals surface area contributed by atoms with Crippen molar-refractivity contribution >= 4 is 17.3 Å². The van der Waals surface area contributed by atoms with Gasteiger partial charge in [0.1, 0.15) is 0 Å². The Balaban J connectivity index is 1.61. The summed E-state index contributed by atoms with van der Waals surface area (Å²) in [5.74, 6) is 0.368. The maximum absolute atomic E-state index is 12.7. The van der Waals surface area contributed by atoms with E-state index in [2.05, 4.69) is 22.8 Å². The van der Waals surface area contributed by atoms with Crippen molar-refractivity contribution < 1.29 is 4.79 Å². The average molecular weight is 287 g/mol. The molecular formula is C17H25N3O. The number of amides is 1. The lowest BCUT2D eigenvalue weighted by Crippen LogP contribution is -2.52. The number of nitrogen functional groups attached to an aromatic ring is 1. The van der Waals surface area contributed by atoms with Crippen molar-refractivity contribution in [1.82, 2.24) is 4.90 Å². The smallest absolute Gasteiger partial charge is 0.228 e. The van der Waals surface area contributed by atoms with Gasteiger partial charge in [0.25, 0.3) is 0 Å². The van der Waals surface area contributed by atoms with E-state index in [1.54, 1.807) is 0 Å². The first-order chi connectivity index (χ1) is 10.1. The SMILES string of the molecule is CC1(C(=O)N2CCN(c3cccc(N)c3)CC2)CCCC1. The number of piperazine rings is 1. The molecule has 2 aliphatic rings. The molecule has 0 spiro atoms. The Hall–Kier alpha value is -1.71. The molecule has 2 fully saturated rings. The number of nitrogens with zero attached hydrogens (tertiary/aromatic N) is 2. The van der Waals surface area contributed by atoms with Gasteiger partial charge < -0.3 is 15.5 Å². The zero-order valence-electron chi connectivity index (χ0n) is 12.8. The van der Waals surface area contributed by atoms with Crippen LogP contribution in [0.4, 0.5) is 11.4 Å². The van der Waals surface area contributed by atoms with Gasteiger partial charge in [-0.1, -0.05) is 25.8 Å². The highest BCUT2D eigenvalue weighted by atomic mass is 16.2. The number of benzene rings is 1. The summed E-state index contributed by atoms with van der Waals surface area (Å²) < 4.78 is 0. The Morgan fingerprint density at radius 3 is 2.43 bits per heavy atom. The first-order valence-electron chi connectivity index (χ1n) is 7.98. The molecular weight excluding hydrogens is 262 g/mol. The van der Waals surface area contributed by atoms with E-state index in [0.717, 1.165) is 50.4 Å². The van der Waals surface area contributed by atoms with E-state index in [4.69, 9.17) is 5.73 Å². The third-order valence-corrected chi connectivity index (χ3v) is 5.03. The Bertz CT molecular complexity index is 515. The quantitative estimate of drug-likeness (QED) is 0.850. The molecule has 0 aromatic heterocycles. The lowest BCUT2D eigenvalue weighted by atomic mass is 9.87. The summed E-state index contributed by atoms with van der Waals surface area (Å²) in [5, 5.41) is 0. The van der Waals surface area contributed by atoms with Crippen LogP contribution in [-0.2, 0) is 4.79 Å². The average Bonchev–Trinajstić information content (AvgIpc) is 2.95. The summed E-state index contributed by atoms with van der Waals surface area (Å²) in [4.78, 5) is 17.1. The van der Waals surface area contributed by atoms with E-state index in [1.165, 1.54) is 12.8 Å². The van der Waals surface area contributed by atoms with E-state index in [1.807, 2.05) is 18.2 Å². The minimum atomic E-state index is -0.0979. The number of hydrogen-bond acceptors (Lipinski definition) is 3. The first-order valence-corrected chi connectivity index (χ1v) is 7.98. The van der Waals surface area contributed by atoms with Crippen molar-refractivity contribution in [2.24, 2.45) is 5.41 Å². The molecule has 114 valence electrons. The van der Waals surface area contributed by atoms with Crippen LogP contribution in [0.1, 0.15) is 32.6 Å². The number of nitrogens with two attached hydrogens (primary N) is 1. The topological polar surface area (TPSA) is 49.6 Å².